The van der Waals surface area contributed by atoms with Crippen LogP contribution in [0.15, 0.2) is 78.9 Å². The Balaban J connectivity index is 1.25. The molecule has 3 aromatic carbocycles. The second-order valence-corrected chi connectivity index (χ2v) is 8.75. The van der Waals surface area contributed by atoms with Crippen LogP contribution in [0.5, 0.6) is 0 Å². The first kappa shape index (κ1) is 21.3. The van der Waals surface area contributed by atoms with Crippen molar-refractivity contribution in [2.75, 3.05) is 31.1 Å². The Hall–Kier alpha value is -3.57. The average Bonchev–Trinajstić information content (AvgIpc) is 3.22. The molecule has 5 rings (SSSR count). The van der Waals surface area contributed by atoms with Crippen molar-refractivity contribution >= 4 is 22.5 Å². The number of amides is 1. The molecule has 0 radical (unpaired) electrons. The Bertz CT molecular complexity index is 1250. The summed E-state index contributed by atoms with van der Waals surface area (Å²) in [5, 5.41) is 10.9. The lowest BCUT2D eigenvalue weighted by molar-refractivity contribution is 0.0747. The number of benzene rings is 3. The topological polar surface area (TPSA) is 48.7 Å². The third-order valence-corrected chi connectivity index (χ3v) is 6.57. The number of rotatable bonds is 5. The van der Waals surface area contributed by atoms with Gasteiger partial charge >= 0.3 is 0 Å². The summed E-state index contributed by atoms with van der Waals surface area (Å²) in [6.07, 6.45) is 0. The van der Waals surface area contributed by atoms with E-state index in [9.17, 15) is 9.90 Å². The van der Waals surface area contributed by atoms with Gasteiger partial charge in [0.15, 0.2) is 0 Å². The summed E-state index contributed by atoms with van der Waals surface area (Å²) in [5.74, 6) is 0.0903. The van der Waals surface area contributed by atoms with Crippen molar-refractivity contribution in [1.82, 2.24) is 9.47 Å². The lowest BCUT2D eigenvalue weighted by atomic mass is 10.1. The Labute approximate surface area is 194 Å². The number of piperazine rings is 1. The fourth-order valence-corrected chi connectivity index (χ4v) is 4.63. The van der Waals surface area contributed by atoms with Crippen molar-refractivity contribution < 1.29 is 9.90 Å². The number of anilines is 1. The largest absolute Gasteiger partial charge is 0.390 e. The van der Waals surface area contributed by atoms with Crippen LogP contribution in [-0.4, -0.2) is 46.7 Å². The number of aromatic nitrogens is 1. The van der Waals surface area contributed by atoms with Crippen molar-refractivity contribution in [3.05, 3.63) is 101 Å². The first-order valence-electron chi connectivity index (χ1n) is 11.5. The number of hydrogen-bond acceptors (Lipinski definition) is 3. The van der Waals surface area contributed by atoms with Crippen LogP contribution in [0.25, 0.3) is 10.9 Å². The second kappa shape index (κ2) is 9.12. The van der Waals surface area contributed by atoms with E-state index in [1.807, 2.05) is 47.4 Å². The third-order valence-electron chi connectivity index (χ3n) is 6.57. The van der Waals surface area contributed by atoms with Crippen LogP contribution in [0.2, 0.25) is 0 Å². The Morgan fingerprint density at radius 2 is 1.58 bits per heavy atom. The van der Waals surface area contributed by atoms with Gasteiger partial charge in [-0.25, -0.2) is 0 Å². The van der Waals surface area contributed by atoms with Gasteiger partial charge in [-0.15, -0.1) is 0 Å². The maximum Gasteiger partial charge on any atom is 0.253 e. The summed E-state index contributed by atoms with van der Waals surface area (Å²) < 4.78 is 2.14. The van der Waals surface area contributed by atoms with E-state index in [1.165, 1.54) is 11.3 Å². The highest BCUT2D eigenvalue weighted by atomic mass is 16.3. The van der Waals surface area contributed by atoms with Gasteiger partial charge in [0.25, 0.3) is 5.91 Å². The molecule has 33 heavy (non-hydrogen) atoms. The standard InChI is InChI=1S/C28H29N3O2/c1-21-6-12-25(13-7-21)29-14-16-30(17-15-29)28(33)23-10-8-22(9-11-23)19-31-26(20-32)18-24-4-2-3-5-27(24)31/h2-13,18,32H,14-17,19-20H2,1H3. The van der Waals surface area contributed by atoms with Crippen LogP contribution >= 0.6 is 0 Å². The van der Waals surface area contributed by atoms with E-state index < -0.39 is 0 Å². The van der Waals surface area contributed by atoms with Gasteiger partial charge in [-0.2, -0.15) is 0 Å². The van der Waals surface area contributed by atoms with Gasteiger partial charge in [-0.05, 0) is 54.3 Å². The predicted octanol–water partition coefficient (Wildman–Crippen LogP) is 4.45. The first-order chi connectivity index (χ1) is 16.1. The van der Waals surface area contributed by atoms with E-state index in [0.29, 0.717) is 6.54 Å². The molecule has 5 nitrogen and oxygen atoms in total. The quantitative estimate of drug-likeness (QED) is 0.500. The van der Waals surface area contributed by atoms with Crippen LogP contribution in [-0.2, 0) is 13.2 Å². The minimum atomic E-state index is -0.000183. The van der Waals surface area contributed by atoms with E-state index in [0.717, 1.165) is 53.9 Å². The molecule has 168 valence electrons. The highest BCUT2D eigenvalue weighted by molar-refractivity contribution is 5.94. The molecule has 2 heterocycles. The molecule has 1 aliphatic rings. The third kappa shape index (κ3) is 4.37. The zero-order chi connectivity index (χ0) is 22.8. The molecule has 1 aliphatic heterocycles. The molecule has 1 amide bonds. The van der Waals surface area contributed by atoms with E-state index in [-0.39, 0.29) is 12.5 Å². The van der Waals surface area contributed by atoms with Gasteiger partial charge in [0.1, 0.15) is 0 Å². The number of fused-ring (bicyclic) bond motifs is 1. The zero-order valence-electron chi connectivity index (χ0n) is 18.9. The molecule has 5 heteroatoms. The lowest BCUT2D eigenvalue weighted by Gasteiger charge is -2.36. The number of para-hydroxylation sites is 1. The monoisotopic (exact) mass is 439 g/mol. The molecule has 0 spiro atoms. The van der Waals surface area contributed by atoms with E-state index in [4.69, 9.17) is 0 Å². The molecule has 1 aromatic heterocycles. The summed E-state index contributed by atoms with van der Waals surface area (Å²) in [7, 11) is 0. The molecule has 0 bridgehead atoms. The Morgan fingerprint density at radius 3 is 2.27 bits per heavy atom. The van der Waals surface area contributed by atoms with E-state index >= 15 is 0 Å². The fourth-order valence-electron chi connectivity index (χ4n) is 4.63. The van der Waals surface area contributed by atoms with Gasteiger partial charge in [0, 0.05) is 55.2 Å². The molecule has 0 unspecified atom stereocenters. The van der Waals surface area contributed by atoms with Gasteiger partial charge in [-0.1, -0.05) is 48.0 Å². The van der Waals surface area contributed by atoms with E-state index in [2.05, 4.69) is 52.8 Å². The normalized spacial score (nSPS) is 14.1. The highest BCUT2D eigenvalue weighted by Crippen LogP contribution is 2.22. The maximum absolute atomic E-state index is 13.1. The summed E-state index contributed by atoms with van der Waals surface area (Å²) in [4.78, 5) is 17.3. The summed E-state index contributed by atoms with van der Waals surface area (Å²) in [6, 6.07) is 26.7. The molecule has 4 aromatic rings. The van der Waals surface area contributed by atoms with Gasteiger partial charge in [-0.3, -0.25) is 4.79 Å². The Kier molecular flexibility index (Phi) is 5.88. The molecule has 1 fully saturated rings. The van der Waals surface area contributed by atoms with Crippen LogP contribution in [0.3, 0.4) is 0 Å². The van der Waals surface area contributed by atoms with Crippen molar-refractivity contribution in [2.24, 2.45) is 0 Å². The molecule has 0 saturated carbocycles. The van der Waals surface area contributed by atoms with Gasteiger partial charge < -0.3 is 19.5 Å². The number of aryl methyl sites for hydroxylation is 1. The van der Waals surface area contributed by atoms with Crippen molar-refractivity contribution in [2.45, 2.75) is 20.1 Å². The molecule has 1 saturated heterocycles. The van der Waals surface area contributed by atoms with Crippen molar-refractivity contribution in [3.8, 4) is 0 Å². The number of aliphatic hydroxyl groups excluding tert-OH is 1. The minimum absolute atomic E-state index is 0.000183. The summed E-state index contributed by atoms with van der Waals surface area (Å²) in [6.45, 7) is 5.90. The average molecular weight is 440 g/mol. The van der Waals surface area contributed by atoms with Gasteiger partial charge in [0.2, 0.25) is 0 Å². The molecular weight excluding hydrogens is 410 g/mol. The zero-order valence-corrected chi connectivity index (χ0v) is 18.9. The predicted molar refractivity (Wildman–Crippen MR) is 133 cm³/mol. The van der Waals surface area contributed by atoms with Crippen LogP contribution < -0.4 is 4.90 Å². The maximum atomic E-state index is 13.1. The van der Waals surface area contributed by atoms with Gasteiger partial charge in [0.05, 0.1) is 6.61 Å². The number of hydrogen-bond donors (Lipinski definition) is 1. The van der Waals surface area contributed by atoms with Crippen LogP contribution in [0, 0.1) is 6.92 Å². The smallest absolute Gasteiger partial charge is 0.253 e. The molecular formula is C28H29N3O2. The first-order valence-corrected chi connectivity index (χ1v) is 11.5. The molecule has 1 N–H and O–H groups in total. The van der Waals surface area contributed by atoms with Crippen LogP contribution in [0.4, 0.5) is 5.69 Å². The Morgan fingerprint density at radius 1 is 0.879 bits per heavy atom. The molecule has 0 aliphatic carbocycles. The fraction of sp³-hybridized carbons (Fsp3) is 0.250. The second-order valence-electron chi connectivity index (χ2n) is 8.75. The minimum Gasteiger partial charge on any atom is -0.390 e. The highest BCUT2D eigenvalue weighted by Gasteiger charge is 2.22. The van der Waals surface area contributed by atoms with Crippen molar-refractivity contribution in [3.63, 3.8) is 0 Å². The van der Waals surface area contributed by atoms with E-state index in [1.54, 1.807) is 0 Å². The SMILES string of the molecule is Cc1ccc(N2CCN(C(=O)c3ccc(Cn4c(CO)cc5ccccc54)cc3)CC2)cc1. The van der Waals surface area contributed by atoms with Crippen molar-refractivity contribution in [1.29, 1.82) is 0 Å². The number of aliphatic hydroxyl groups is 1. The van der Waals surface area contributed by atoms with Crippen LogP contribution in [0.1, 0.15) is 27.2 Å². The summed E-state index contributed by atoms with van der Waals surface area (Å²) in [5.41, 5.74) is 6.30. The number of nitrogens with zero attached hydrogens (tertiary/aromatic N) is 3. The lowest BCUT2D eigenvalue weighted by Crippen LogP contribution is -2.48. The number of carbonyl (C=O) groups is 1. The summed E-state index contributed by atoms with van der Waals surface area (Å²) >= 11 is 0. The number of carbonyl (C=O) groups excluding carboxylic acids is 1. The molecule has 0 atom stereocenters.